The highest BCUT2D eigenvalue weighted by Crippen LogP contribution is 2.33. The molecular formula is C14H16F3NO2. The van der Waals surface area contributed by atoms with Crippen molar-refractivity contribution in [1.82, 2.24) is 4.90 Å². The molecule has 1 amide bonds. The van der Waals surface area contributed by atoms with E-state index in [1.807, 2.05) is 0 Å². The van der Waals surface area contributed by atoms with E-state index in [1.165, 1.54) is 30.1 Å². The van der Waals surface area contributed by atoms with Gasteiger partial charge in [0.2, 0.25) is 0 Å². The summed E-state index contributed by atoms with van der Waals surface area (Å²) in [5.41, 5.74) is -1.24. The molecule has 0 unspecified atom stereocenters. The molecule has 0 spiro atoms. The van der Waals surface area contributed by atoms with Crippen molar-refractivity contribution in [3.05, 3.63) is 35.4 Å². The highest BCUT2D eigenvalue weighted by Gasteiger charge is 2.36. The van der Waals surface area contributed by atoms with Crippen molar-refractivity contribution in [2.24, 2.45) is 5.92 Å². The van der Waals surface area contributed by atoms with Crippen LogP contribution in [-0.4, -0.2) is 35.6 Å². The fraction of sp³-hybridized carbons (Fsp3) is 0.500. The summed E-state index contributed by atoms with van der Waals surface area (Å²) in [5.74, 6) is -0.476. The molecule has 1 aromatic rings. The summed E-state index contributed by atoms with van der Waals surface area (Å²) in [6.45, 7) is 0.363. The van der Waals surface area contributed by atoms with Crippen LogP contribution in [0.1, 0.15) is 28.8 Å². The Morgan fingerprint density at radius 3 is 2.50 bits per heavy atom. The van der Waals surface area contributed by atoms with E-state index in [1.54, 1.807) is 0 Å². The van der Waals surface area contributed by atoms with Crippen molar-refractivity contribution < 1.29 is 23.1 Å². The molecule has 0 bridgehead atoms. The molecule has 1 aliphatic carbocycles. The van der Waals surface area contributed by atoms with Gasteiger partial charge >= 0.3 is 6.18 Å². The normalized spacial score (nSPS) is 22.2. The smallest absolute Gasteiger partial charge is 0.393 e. The Balaban J connectivity index is 2.12. The summed E-state index contributed by atoms with van der Waals surface area (Å²) < 4.78 is 38.6. The standard InChI is InChI=1S/C14H16F3NO2/c1-18(8-9-6-10(19)7-9)13(20)11-4-2-3-5-12(11)14(15,16)17/h2-5,9-10,19H,6-8H2,1H3. The first-order valence-corrected chi connectivity index (χ1v) is 6.38. The lowest BCUT2D eigenvalue weighted by Crippen LogP contribution is -2.40. The molecule has 1 fully saturated rings. The monoisotopic (exact) mass is 287 g/mol. The minimum atomic E-state index is -4.54. The van der Waals surface area contributed by atoms with Crippen LogP contribution in [0.25, 0.3) is 0 Å². The van der Waals surface area contributed by atoms with Crippen LogP contribution in [0.3, 0.4) is 0 Å². The van der Waals surface area contributed by atoms with Crippen LogP contribution in [0.2, 0.25) is 0 Å². The number of benzene rings is 1. The Morgan fingerprint density at radius 2 is 1.95 bits per heavy atom. The second kappa shape index (κ2) is 5.44. The summed E-state index contributed by atoms with van der Waals surface area (Å²) in [4.78, 5) is 13.4. The van der Waals surface area contributed by atoms with Gasteiger partial charge in [-0.1, -0.05) is 12.1 Å². The Morgan fingerprint density at radius 1 is 1.35 bits per heavy atom. The predicted molar refractivity (Wildman–Crippen MR) is 67.1 cm³/mol. The molecule has 3 nitrogen and oxygen atoms in total. The molecule has 0 aromatic heterocycles. The van der Waals surface area contributed by atoms with Crippen LogP contribution in [0.15, 0.2) is 24.3 Å². The molecule has 1 aromatic carbocycles. The van der Waals surface area contributed by atoms with E-state index in [0.717, 1.165) is 6.07 Å². The fourth-order valence-corrected chi connectivity index (χ4v) is 2.44. The van der Waals surface area contributed by atoms with Crippen molar-refractivity contribution in [1.29, 1.82) is 0 Å². The molecule has 0 atom stereocenters. The second-order valence-corrected chi connectivity index (χ2v) is 5.22. The average Bonchev–Trinajstić information content (AvgIpc) is 2.35. The first-order chi connectivity index (χ1) is 9.29. The largest absolute Gasteiger partial charge is 0.417 e. The van der Waals surface area contributed by atoms with Crippen molar-refractivity contribution >= 4 is 5.91 Å². The van der Waals surface area contributed by atoms with E-state index >= 15 is 0 Å². The molecule has 0 radical (unpaired) electrons. The minimum absolute atomic E-state index is 0.164. The Labute approximate surface area is 115 Å². The van der Waals surface area contributed by atoms with Gasteiger partial charge in [-0.25, -0.2) is 0 Å². The van der Waals surface area contributed by atoms with E-state index in [-0.39, 0.29) is 17.6 Å². The molecule has 0 saturated heterocycles. The van der Waals surface area contributed by atoms with Crippen LogP contribution < -0.4 is 0 Å². The molecule has 0 aliphatic heterocycles. The van der Waals surface area contributed by atoms with Gasteiger partial charge in [-0.15, -0.1) is 0 Å². The number of carbonyl (C=O) groups is 1. The lowest BCUT2D eigenvalue weighted by Gasteiger charge is -2.34. The summed E-state index contributed by atoms with van der Waals surface area (Å²) in [6.07, 6.45) is -3.69. The second-order valence-electron chi connectivity index (χ2n) is 5.22. The van der Waals surface area contributed by atoms with Crippen LogP contribution in [0.4, 0.5) is 13.2 Å². The summed E-state index contributed by atoms with van der Waals surface area (Å²) in [6, 6.07) is 4.79. The Kier molecular flexibility index (Phi) is 4.04. The molecule has 1 aliphatic rings. The summed E-state index contributed by atoms with van der Waals surface area (Å²) in [5, 5.41) is 9.19. The van der Waals surface area contributed by atoms with Gasteiger partial charge in [0.15, 0.2) is 0 Å². The van der Waals surface area contributed by atoms with Gasteiger partial charge in [0.1, 0.15) is 0 Å². The van der Waals surface area contributed by atoms with E-state index in [2.05, 4.69) is 0 Å². The van der Waals surface area contributed by atoms with Crippen molar-refractivity contribution in [2.75, 3.05) is 13.6 Å². The lowest BCUT2D eigenvalue weighted by molar-refractivity contribution is -0.138. The molecule has 1 saturated carbocycles. The zero-order valence-electron chi connectivity index (χ0n) is 11.0. The number of carbonyl (C=O) groups excluding carboxylic acids is 1. The lowest BCUT2D eigenvalue weighted by atomic mass is 9.82. The Hall–Kier alpha value is -1.56. The SMILES string of the molecule is CN(CC1CC(O)C1)C(=O)c1ccccc1C(F)(F)F. The molecule has 20 heavy (non-hydrogen) atoms. The van der Waals surface area contributed by atoms with Gasteiger partial charge in [-0.3, -0.25) is 4.79 Å². The number of alkyl halides is 3. The topological polar surface area (TPSA) is 40.5 Å². The molecule has 1 N–H and O–H groups in total. The number of rotatable bonds is 3. The zero-order chi connectivity index (χ0) is 14.9. The molecule has 6 heteroatoms. The highest BCUT2D eigenvalue weighted by atomic mass is 19.4. The maximum Gasteiger partial charge on any atom is 0.417 e. The average molecular weight is 287 g/mol. The quantitative estimate of drug-likeness (QED) is 0.928. The molecule has 0 heterocycles. The molecular weight excluding hydrogens is 271 g/mol. The first kappa shape index (κ1) is 14.8. The van der Waals surface area contributed by atoms with Crippen LogP contribution >= 0.6 is 0 Å². The van der Waals surface area contributed by atoms with Gasteiger partial charge in [-0.2, -0.15) is 13.2 Å². The first-order valence-electron chi connectivity index (χ1n) is 6.38. The number of aliphatic hydroxyl groups excluding tert-OH is 1. The van der Waals surface area contributed by atoms with Crippen LogP contribution in [0.5, 0.6) is 0 Å². The van der Waals surface area contributed by atoms with Gasteiger partial charge < -0.3 is 10.0 Å². The predicted octanol–water partition coefficient (Wildman–Crippen LogP) is 2.55. The van der Waals surface area contributed by atoms with Crippen LogP contribution in [-0.2, 0) is 6.18 Å². The van der Waals surface area contributed by atoms with Gasteiger partial charge in [0.25, 0.3) is 5.91 Å². The third-order valence-electron chi connectivity index (χ3n) is 3.55. The summed E-state index contributed by atoms with van der Waals surface area (Å²) in [7, 11) is 1.49. The van der Waals surface area contributed by atoms with E-state index in [4.69, 9.17) is 0 Å². The zero-order valence-corrected chi connectivity index (χ0v) is 11.0. The van der Waals surface area contributed by atoms with Gasteiger partial charge in [0, 0.05) is 13.6 Å². The van der Waals surface area contributed by atoms with E-state index in [0.29, 0.717) is 19.4 Å². The van der Waals surface area contributed by atoms with Gasteiger partial charge in [-0.05, 0) is 30.9 Å². The van der Waals surface area contributed by atoms with Crippen molar-refractivity contribution in [3.63, 3.8) is 0 Å². The van der Waals surface area contributed by atoms with Crippen LogP contribution in [0, 0.1) is 5.92 Å². The molecule has 2 rings (SSSR count). The number of nitrogens with zero attached hydrogens (tertiary/aromatic N) is 1. The number of hydrogen-bond donors (Lipinski definition) is 1. The number of aliphatic hydroxyl groups is 1. The van der Waals surface area contributed by atoms with Crippen molar-refractivity contribution in [2.45, 2.75) is 25.1 Å². The van der Waals surface area contributed by atoms with Crippen molar-refractivity contribution in [3.8, 4) is 0 Å². The summed E-state index contributed by atoms with van der Waals surface area (Å²) >= 11 is 0. The maximum atomic E-state index is 12.9. The van der Waals surface area contributed by atoms with E-state index in [9.17, 15) is 23.1 Å². The van der Waals surface area contributed by atoms with Gasteiger partial charge in [0.05, 0.1) is 17.2 Å². The number of amides is 1. The minimum Gasteiger partial charge on any atom is -0.393 e. The number of halogens is 3. The van der Waals surface area contributed by atoms with E-state index < -0.39 is 17.6 Å². The third-order valence-corrected chi connectivity index (χ3v) is 3.55. The highest BCUT2D eigenvalue weighted by molar-refractivity contribution is 5.95. The molecule has 110 valence electrons. The Bertz CT molecular complexity index is 495. The number of hydrogen-bond acceptors (Lipinski definition) is 2. The third kappa shape index (κ3) is 3.12. The maximum absolute atomic E-state index is 12.9. The fourth-order valence-electron chi connectivity index (χ4n) is 2.44.